The first-order valence-corrected chi connectivity index (χ1v) is 10.3. The van der Waals surface area contributed by atoms with E-state index in [4.69, 9.17) is 0 Å². The number of amides is 1. The van der Waals surface area contributed by atoms with Crippen molar-refractivity contribution >= 4 is 17.1 Å². The van der Waals surface area contributed by atoms with Crippen molar-refractivity contribution in [2.75, 3.05) is 19.6 Å². The van der Waals surface area contributed by atoms with E-state index in [9.17, 15) is 4.79 Å². The molecule has 6 nitrogen and oxygen atoms in total. The molecule has 3 aliphatic rings. The lowest BCUT2D eigenvalue weighted by molar-refractivity contribution is -0.122. The van der Waals surface area contributed by atoms with E-state index in [2.05, 4.69) is 28.2 Å². The van der Waals surface area contributed by atoms with Crippen LogP contribution < -0.4 is 5.32 Å². The molecule has 0 bridgehead atoms. The summed E-state index contributed by atoms with van der Waals surface area (Å²) in [6.45, 7) is 6.98. The molecule has 5 heterocycles. The van der Waals surface area contributed by atoms with E-state index in [0.29, 0.717) is 6.04 Å². The molecule has 1 amide bonds. The normalized spacial score (nSPS) is 26.3. The van der Waals surface area contributed by atoms with Gasteiger partial charge in [0.2, 0.25) is 0 Å². The molecule has 0 aliphatic carbocycles. The molecule has 2 aromatic rings. The Morgan fingerprint density at radius 1 is 1.13 bits per heavy atom. The first-order chi connectivity index (χ1) is 14.6. The molecular weight excluding hydrogens is 374 g/mol. The van der Waals surface area contributed by atoms with Crippen molar-refractivity contribution in [1.82, 2.24) is 24.5 Å². The van der Waals surface area contributed by atoms with Crippen molar-refractivity contribution in [1.29, 1.82) is 0 Å². The third-order valence-corrected chi connectivity index (χ3v) is 5.66. The Morgan fingerprint density at radius 3 is 2.87 bits per heavy atom. The van der Waals surface area contributed by atoms with Crippen LogP contribution in [0.5, 0.6) is 0 Å². The minimum atomic E-state index is -0.0486. The van der Waals surface area contributed by atoms with Crippen LogP contribution in [-0.4, -0.2) is 50.8 Å². The monoisotopic (exact) mass is 399 g/mol. The zero-order valence-electron chi connectivity index (χ0n) is 17.2. The number of fused-ring (bicyclic) bond motifs is 2. The van der Waals surface area contributed by atoms with Crippen LogP contribution in [0, 0.1) is 6.92 Å². The molecule has 6 heteroatoms. The van der Waals surface area contributed by atoms with Crippen molar-refractivity contribution in [2.45, 2.75) is 19.9 Å². The fraction of sp³-hybridized carbons (Fsp3) is 0.250. The molecule has 5 rings (SSSR count). The molecule has 0 saturated carbocycles. The number of carbonyl (C=O) groups excluding carboxylic acids is 1. The zero-order valence-corrected chi connectivity index (χ0v) is 17.2. The average molecular weight is 399 g/mol. The summed E-state index contributed by atoms with van der Waals surface area (Å²) < 4.78 is 2.00. The van der Waals surface area contributed by atoms with Gasteiger partial charge in [-0.3, -0.25) is 9.69 Å². The van der Waals surface area contributed by atoms with Crippen LogP contribution in [0.15, 0.2) is 78.6 Å². The van der Waals surface area contributed by atoms with Gasteiger partial charge in [-0.1, -0.05) is 12.2 Å². The minimum Gasteiger partial charge on any atom is -0.368 e. The number of aromatic nitrogens is 2. The third kappa shape index (κ3) is 3.50. The van der Waals surface area contributed by atoms with Crippen LogP contribution in [0.25, 0.3) is 11.2 Å². The Hall–Kier alpha value is -3.38. The van der Waals surface area contributed by atoms with Crippen LogP contribution in [0.3, 0.4) is 0 Å². The van der Waals surface area contributed by atoms with E-state index in [0.717, 1.165) is 53.5 Å². The fourth-order valence-corrected chi connectivity index (χ4v) is 4.15. The van der Waals surface area contributed by atoms with E-state index in [1.54, 1.807) is 11.0 Å². The molecule has 1 fully saturated rings. The molecule has 0 spiro atoms. The molecule has 1 saturated heterocycles. The van der Waals surface area contributed by atoms with Gasteiger partial charge in [-0.05, 0) is 55.3 Å². The summed E-state index contributed by atoms with van der Waals surface area (Å²) in [4.78, 5) is 21.7. The molecule has 30 heavy (non-hydrogen) atoms. The van der Waals surface area contributed by atoms with E-state index in [1.165, 1.54) is 0 Å². The average Bonchev–Trinajstić information content (AvgIpc) is 3.11. The summed E-state index contributed by atoms with van der Waals surface area (Å²) in [7, 11) is 0. The Labute approximate surface area is 176 Å². The number of hydrogen-bond donors (Lipinski definition) is 1. The molecule has 0 radical (unpaired) electrons. The smallest absolute Gasteiger partial charge is 0.255 e. The SMILES string of the molecule is Cc1cn2cc(C3=C\C(=O)N4C=C(N5CCN[C@@H](C)C5)C=C\C4=C/C=C/3)ccc2n1. The van der Waals surface area contributed by atoms with Gasteiger partial charge in [0.15, 0.2) is 0 Å². The second-order valence-corrected chi connectivity index (χ2v) is 8.01. The van der Waals surface area contributed by atoms with Crippen molar-refractivity contribution < 1.29 is 4.79 Å². The first kappa shape index (κ1) is 18.6. The van der Waals surface area contributed by atoms with E-state index in [1.807, 2.05) is 66.4 Å². The van der Waals surface area contributed by atoms with Crippen LogP contribution in [0.4, 0.5) is 0 Å². The Kier molecular flexibility index (Phi) is 4.64. The molecule has 3 aliphatic heterocycles. The maximum absolute atomic E-state index is 13.2. The summed E-state index contributed by atoms with van der Waals surface area (Å²) >= 11 is 0. The van der Waals surface area contributed by atoms with Gasteiger partial charge in [0.05, 0.1) is 11.4 Å². The summed E-state index contributed by atoms with van der Waals surface area (Å²) in [5, 5.41) is 3.46. The highest BCUT2D eigenvalue weighted by Crippen LogP contribution is 2.25. The van der Waals surface area contributed by atoms with Crippen LogP contribution in [0.1, 0.15) is 18.2 Å². The predicted octanol–water partition coefficient (Wildman–Crippen LogP) is 3.01. The van der Waals surface area contributed by atoms with Gasteiger partial charge < -0.3 is 14.6 Å². The number of aryl methyl sites for hydroxylation is 1. The number of hydrogen-bond acceptors (Lipinski definition) is 4. The van der Waals surface area contributed by atoms with Crippen LogP contribution >= 0.6 is 0 Å². The quantitative estimate of drug-likeness (QED) is 0.844. The van der Waals surface area contributed by atoms with Gasteiger partial charge in [0, 0.05) is 56.0 Å². The van der Waals surface area contributed by atoms with Gasteiger partial charge in [-0.15, -0.1) is 0 Å². The Balaban J connectivity index is 1.47. The molecule has 1 N–H and O–H groups in total. The van der Waals surface area contributed by atoms with Crippen LogP contribution in [0.2, 0.25) is 0 Å². The van der Waals surface area contributed by atoms with Crippen molar-refractivity contribution in [2.24, 2.45) is 0 Å². The highest BCUT2D eigenvalue weighted by molar-refractivity contribution is 5.99. The largest absolute Gasteiger partial charge is 0.368 e. The number of carbonyl (C=O) groups is 1. The highest BCUT2D eigenvalue weighted by atomic mass is 16.2. The summed E-state index contributed by atoms with van der Waals surface area (Å²) in [5.74, 6) is -0.0486. The standard InChI is InChI=1S/C24H25N5O/c1-17-13-27(11-10-25-17)22-8-7-21-5-3-4-19(12-24(30)29(21)16-22)20-6-9-23-26-18(2)14-28(23)15-20/h3-9,12,14-17,25H,10-11,13H2,1-2H3/b4-3+,19-12+,21-5+/t17-/m0/s1. The van der Waals surface area contributed by atoms with Crippen LogP contribution in [-0.2, 0) is 4.79 Å². The Bertz CT molecular complexity index is 1160. The van der Waals surface area contributed by atoms with Crippen molar-refractivity contribution in [3.8, 4) is 0 Å². The molecule has 0 unspecified atom stereocenters. The Morgan fingerprint density at radius 2 is 2.00 bits per heavy atom. The predicted molar refractivity (Wildman–Crippen MR) is 118 cm³/mol. The number of imidazole rings is 1. The number of pyridine rings is 1. The van der Waals surface area contributed by atoms with Gasteiger partial charge >= 0.3 is 0 Å². The molecule has 0 aromatic carbocycles. The number of allylic oxidation sites excluding steroid dienone is 6. The topological polar surface area (TPSA) is 52.9 Å². The second-order valence-electron chi connectivity index (χ2n) is 8.01. The fourth-order valence-electron chi connectivity index (χ4n) is 4.15. The lowest BCUT2D eigenvalue weighted by Crippen LogP contribution is -2.48. The van der Waals surface area contributed by atoms with Crippen molar-refractivity contribution in [3.05, 3.63) is 89.8 Å². The molecule has 1 atom stereocenters. The van der Waals surface area contributed by atoms with E-state index < -0.39 is 0 Å². The number of piperazine rings is 1. The van der Waals surface area contributed by atoms with Gasteiger partial charge in [-0.2, -0.15) is 0 Å². The molecular formula is C24H25N5O. The van der Waals surface area contributed by atoms with Crippen molar-refractivity contribution in [3.63, 3.8) is 0 Å². The van der Waals surface area contributed by atoms with Gasteiger partial charge in [0.1, 0.15) is 5.65 Å². The summed E-state index contributed by atoms with van der Waals surface area (Å²) in [6, 6.07) is 4.43. The van der Waals surface area contributed by atoms with E-state index in [-0.39, 0.29) is 5.91 Å². The van der Waals surface area contributed by atoms with Gasteiger partial charge in [0.25, 0.3) is 5.91 Å². The lowest BCUT2D eigenvalue weighted by Gasteiger charge is -2.36. The maximum Gasteiger partial charge on any atom is 0.255 e. The number of nitrogens with zero attached hydrogens (tertiary/aromatic N) is 4. The maximum atomic E-state index is 13.2. The summed E-state index contributed by atoms with van der Waals surface area (Å²) in [6.07, 6.45) is 17.8. The first-order valence-electron chi connectivity index (χ1n) is 10.3. The van der Waals surface area contributed by atoms with Gasteiger partial charge in [-0.25, -0.2) is 4.98 Å². The minimum absolute atomic E-state index is 0.0486. The number of rotatable bonds is 2. The summed E-state index contributed by atoms with van der Waals surface area (Å²) in [5.41, 5.74) is 5.68. The highest BCUT2D eigenvalue weighted by Gasteiger charge is 2.23. The molecule has 2 aromatic heterocycles. The third-order valence-electron chi connectivity index (χ3n) is 5.66. The second kappa shape index (κ2) is 7.46. The lowest BCUT2D eigenvalue weighted by atomic mass is 10.0. The zero-order chi connectivity index (χ0) is 20.7. The van der Waals surface area contributed by atoms with E-state index >= 15 is 0 Å². The number of nitrogens with one attached hydrogen (secondary N) is 1. The molecule has 152 valence electrons.